The summed E-state index contributed by atoms with van der Waals surface area (Å²) in [6.45, 7) is 20.3. The van der Waals surface area contributed by atoms with Crippen molar-refractivity contribution in [3.05, 3.63) is 66.2 Å². The largest absolute Gasteiger partial charge is 1.00 e. The molecule has 0 fully saturated rings. The van der Waals surface area contributed by atoms with Gasteiger partial charge in [0.25, 0.3) is 0 Å². The lowest BCUT2D eigenvalue weighted by atomic mass is 9.86. The third kappa shape index (κ3) is 6.97. The van der Waals surface area contributed by atoms with Crippen LogP contribution in [0.5, 0.6) is 5.75 Å². The highest BCUT2D eigenvalue weighted by atomic mass is 35.5. The molecule has 174 valence electrons. The van der Waals surface area contributed by atoms with Gasteiger partial charge in [0.1, 0.15) is 11.3 Å². The molecular weight excluding hydrogens is 406 g/mol. The molecule has 2 aromatic carbocycles. The van der Waals surface area contributed by atoms with Gasteiger partial charge in [-0.1, -0.05) is 76.2 Å². The van der Waals surface area contributed by atoms with Crippen molar-refractivity contribution in [2.24, 2.45) is 11.8 Å². The summed E-state index contributed by atoms with van der Waals surface area (Å²) in [6.07, 6.45) is -0.352. The van der Waals surface area contributed by atoms with Crippen molar-refractivity contribution in [2.45, 2.75) is 73.4 Å². The monoisotopic (exact) mass is 447 g/mol. The van der Waals surface area contributed by atoms with Gasteiger partial charge in [-0.2, -0.15) is 0 Å². The number of rotatable bonds is 11. The average Bonchev–Trinajstić information content (AvgIpc) is 2.67. The van der Waals surface area contributed by atoms with Crippen molar-refractivity contribution in [3.8, 4) is 5.75 Å². The summed E-state index contributed by atoms with van der Waals surface area (Å²) in [5, 5.41) is 0. The molecule has 2 atom stereocenters. The van der Waals surface area contributed by atoms with Crippen LogP contribution in [0.1, 0.15) is 61.0 Å². The third-order valence-corrected chi connectivity index (χ3v) is 6.11. The number of hydrogen-bond donors (Lipinski definition) is 0. The molecule has 0 aliphatic carbocycles. The van der Waals surface area contributed by atoms with Gasteiger partial charge in [0.05, 0.1) is 13.1 Å². The average molecular weight is 448 g/mol. The Labute approximate surface area is 196 Å². The van der Waals surface area contributed by atoms with E-state index in [1.165, 1.54) is 5.56 Å². The van der Waals surface area contributed by atoms with Crippen LogP contribution in [0.2, 0.25) is 0 Å². The van der Waals surface area contributed by atoms with E-state index in [1.54, 1.807) is 0 Å². The van der Waals surface area contributed by atoms with Crippen LogP contribution in [0.3, 0.4) is 0 Å². The standard InChI is InChI=1S/C27H42NO2.ClH/c1-21(2)19-28(20-22(3)4,27(7,8)25-15-11-9-12-16-25)23(5)29-24(6)30-26-17-13-10-14-18-26;/h9-18,21-24H,19-20H2,1-8H3;1H/q+1;/p-1. The van der Waals surface area contributed by atoms with Crippen LogP contribution >= 0.6 is 0 Å². The molecule has 0 heterocycles. The van der Waals surface area contributed by atoms with Gasteiger partial charge in [-0.15, -0.1) is 0 Å². The first kappa shape index (κ1) is 27.5. The van der Waals surface area contributed by atoms with Crippen LogP contribution in [0.25, 0.3) is 0 Å². The van der Waals surface area contributed by atoms with Crippen molar-refractivity contribution in [3.63, 3.8) is 0 Å². The number of para-hydroxylation sites is 1. The van der Waals surface area contributed by atoms with Gasteiger partial charge in [-0.25, -0.2) is 0 Å². The minimum absolute atomic E-state index is 0. The van der Waals surface area contributed by atoms with Gasteiger partial charge in [-0.05, 0) is 32.9 Å². The number of quaternary nitrogens is 1. The fourth-order valence-corrected chi connectivity index (χ4v) is 4.80. The maximum absolute atomic E-state index is 6.58. The van der Waals surface area contributed by atoms with E-state index in [1.807, 2.05) is 37.3 Å². The van der Waals surface area contributed by atoms with E-state index >= 15 is 0 Å². The minimum atomic E-state index is -0.328. The molecule has 0 radical (unpaired) electrons. The molecule has 0 N–H and O–H groups in total. The molecular formula is C27H42ClNO2. The summed E-state index contributed by atoms with van der Waals surface area (Å²) in [4.78, 5) is 0. The second-order valence-corrected chi connectivity index (χ2v) is 9.85. The highest BCUT2D eigenvalue weighted by Gasteiger charge is 2.50. The molecule has 2 unspecified atom stereocenters. The van der Waals surface area contributed by atoms with Crippen LogP contribution < -0.4 is 17.1 Å². The third-order valence-electron chi connectivity index (χ3n) is 6.11. The summed E-state index contributed by atoms with van der Waals surface area (Å²) in [5.41, 5.74) is 1.24. The summed E-state index contributed by atoms with van der Waals surface area (Å²) in [5.74, 6) is 1.93. The second kappa shape index (κ2) is 11.9. The van der Waals surface area contributed by atoms with Crippen molar-refractivity contribution >= 4 is 0 Å². The van der Waals surface area contributed by atoms with Gasteiger partial charge >= 0.3 is 0 Å². The van der Waals surface area contributed by atoms with E-state index in [2.05, 4.69) is 78.8 Å². The van der Waals surface area contributed by atoms with E-state index in [0.717, 1.165) is 23.3 Å². The minimum Gasteiger partial charge on any atom is -1.00 e. The van der Waals surface area contributed by atoms with Gasteiger partial charge in [0, 0.05) is 24.3 Å². The molecule has 2 aromatic rings. The predicted octanol–water partition coefficient (Wildman–Crippen LogP) is 3.84. The maximum atomic E-state index is 6.58. The molecule has 3 nitrogen and oxygen atoms in total. The number of hydrogen-bond acceptors (Lipinski definition) is 2. The normalized spacial score (nSPS) is 14.3. The van der Waals surface area contributed by atoms with Crippen molar-refractivity contribution in [1.82, 2.24) is 0 Å². The summed E-state index contributed by atoms with van der Waals surface area (Å²) < 4.78 is 13.5. The van der Waals surface area contributed by atoms with Crippen molar-refractivity contribution in [1.29, 1.82) is 0 Å². The molecule has 31 heavy (non-hydrogen) atoms. The fourth-order valence-electron chi connectivity index (χ4n) is 4.80. The zero-order valence-corrected chi connectivity index (χ0v) is 21.4. The van der Waals surface area contributed by atoms with Crippen molar-refractivity contribution in [2.75, 3.05) is 13.1 Å². The Balaban J connectivity index is 0.00000480. The van der Waals surface area contributed by atoms with E-state index in [-0.39, 0.29) is 30.5 Å². The molecule has 0 saturated carbocycles. The Morgan fingerprint density at radius 3 is 1.65 bits per heavy atom. The van der Waals surface area contributed by atoms with Gasteiger partial charge in [0.2, 0.25) is 6.29 Å². The smallest absolute Gasteiger partial charge is 0.202 e. The van der Waals surface area contributed by atoms with E-state index in [4.69, 9.17) is 9.47 Å². The van der Waals surface area contributed by atoms with E-state index in [9.17, 15) is 0 Å². The molecule has 2 rings (SSSR count). The number of nitrogens with zero attached hydrogens (tertiary/aromatic N) is 1. The Hall–Kier alpha value is -1.55. The first-order chi connectivity index (χ1) is 14.1. The molecule has 4 heteroatoms. The molecule has 0 aliphatic heterocycles. The zero-order valence-electron chi connectivity index (χ0n) is 20.6. The van der Waals surface area contributed by atoms with Gasteiger partial charge in [0.15, 0.2) is 6.23 Å². The SMILES string of the molecule is CC(C)C[N+](CC(C)C)(C(C)OC(C)Oc1ccccc1)C(C)(C)c1ccccc1.[Cl-]. The predicted molar refractivity (Wildman–Crippen MR) is 126 cm³/mol. The summed E-state index contributed by atoms with van der Waals surface area (Å²) in [6, 6.07) is 20.8. The molecule has 0 aromatic heterocycles. The summed E-state index contributed by atoms with van der Waals surface area (Å²) in [7, 11) is 0. The fraction of sp³-hybridized carbons (Fsp3) is 0.556. The van der Waals surface area contributed by atoms with Crippen LogP contribution in [0, 0.1) is 11.8 Å². The first-order valence-electron chi connectivity index (χ1n) is 11.4. The second-order valence-electron chi connectivity index (χ2n) is 9.85. The van der Waals surface area contributed by atoms with Crippen LogP contribution in [-0.4, -0.2) is 30.1 Å². The number of benzene rings is 2. The van der Waals surface area contributed by atoms with E-state index < -0.39 is 0 Å². The maximum Gasteiger partial charge on any atom is 0.202 e. The summed E-state index contributed by atoms with van der Waals surface area (Å²) >= 11 is 0. The number of ether oxygens (including phenoxy) is 2. The molecule has 0 bridgehead atoms. The quantitative estimate of drug-likeness (QED) is 0.385. The van der Waals surface area contributed by atoms with Crippen molar-refractivity contribution < 1.29 is 26.4 Å². The number of halogens is 1. The lowest BCUT2D eigenvalue weighted by Gasteiger charge is -2.55. The topological polar surface area (TPSA) is 18.5 Å². The Kier molecular flexibility index (Phi) is 10.5. The van der Waals surface area contributed by atoms with Gasteiger partial charge in [-0.3, -0.25) is 9.22 Å². The Morgan fingerprint density at radius 1 is 0.742 bits per heavy atom. The first-order valence-corrected chi connectivity index (χ1v) is 11.4. The highest BCUT2D eigenvalue weighted by Crippen LogP contribution is 2.40. The Bertz CT molecular complexity index is 736. The molecule has 0 amide bonds. The van der Waals surface area contributed by atoms with Crippen LogP contribution in [0.4, 0.5) is 0 Å². The lowest BCUT2D eigenvalue weighted by molar-refractivity contribution is -1.02. The Morgan fingerprint density at radius 2 is 1.19 bits per heavy atom. The molecule has 0 saturated heterocycles. The zero-order chi connectivity index (χ0) is 22.4. The highest BCUT2D eigenvalue weighted by molar-refractivity contribution is 5.22. The van der Waals surface area contributed by atoms with Crippen LogP contribution in [-0.2, 0) is 10.3 Å². The molecule has 0 aliphatic rings. The van der Waals surface area contributed by atoms with Crippen LogP contribution in [0.15, 0.2) is 60.7 Å². The lowest BCUT2D eigenvalue weighted by Crippen LogP contribution is -3.00. The molecule has 0 spiro atoms. The van der Waals surface area contributed by atoms with E-state index in [0.29, 0.717) is 11.8 Å². The van der Waals surface area contributed by atoms with Gasteiger partial charge < -0.3 is 17.1 Å².